The zero-order valence-corrected chi connectivity index (χ0v) is 9.65. The fourth-order valence-electron chi connectivity index (χ4n) is 0.796. The molecule has 1 N–H and O–H groups in total. The van der Waals surface area contributed by atoms with Crippen molar-refractivity contribution >= 4 is 37.5 Å². The van der Waals surface area contributed by atoms with Crippen LogP contribution in [0.1, 0.15) is 0 Å². The summed E-state index contributed by atoms with van der Waals surface area (Å²) >= 11 is 6.72. The summed E-state index contributed by atoms with van der Waals surface area (Å²) in [7, 11) is 0. The average molecular weight is 291 g/mol. The SMILES string of the molecule is C=C(Br)CNc1ccccc1Br. The lowest BCUT2D eigenvalue weighted by Gasteiger charge is -2.06. The van der Waals surface area contributed by atoms with Gasteiger partial charge in [0.1, 0.15) is 0 Å². The van der Waals surface area contributed by atoms with Crippen LogP contribution in [0, 0.1) is 0 Å². The maximum atomic E-state index is 3.74. The molecule has 0 saturated carbocycles. The van der Waals surface area contributed by atoms with Crippen LogP contribution in [0.2, 0.25) is 0 Å². The van der Waals surface area contributed by atoms with Crippen molar-refractivity contribution in [1.29, 1.82) is 0 Å². The Morgan fingerprint density at radius 2 is 2.08 bits per heavy atom. The Morgan fingerprint density at radius 3 is 2.67 bits per heavy atom. The predicted octanol–water partition coefficient (Wildman–Crippen LogP) is 3.77. The Labute approximate surface area is 89.1 Å². The van der Waals surface area contributed by atoms with E-state index in [1.807, 2.05) is 24.3 Å². The zero-order valence-electron chi connectivity index (χ0n) is 6.48. The molecule has 1 aromatic rings. The molecule has 0 bridgehead atoms. The molecule has 0 aliphatic carbocycles. The minimum absolute atomic E-state index is 0.739. The van der Waals surface area contributed by atoms with Gasteiger partial charge in [-0.3, -0.25) is 0 Å². The van der Waals surface area contributed by atoms with Gasteiger partial charge in [-0.2, -0.15) is 0 Å². The Bertz CT molecular complexity index is 284. The standard InChI is InChI=1S/C9H9Br2N/c1-7(10)6-12-9-5-3-2-4-8(9)11/h2-5,12H,1,6H2. The first kappa shape index (κ1) is 9.81. The lowest BCUT2D eigenvalue weighted by Crippen LogP contribution is -2.00. The summed E-state index contributed by atoms with van der Waals surface area (Å²) in [5.74, 6) is 0. The lowest BCUT2D eigenvalue weighted by molar-refractivity contribution is 1.32. The maximum Gasteiger partial charge on any atom is 0.0487 e. The molecule has 1 rings (SSSR count). The second-order valence-electron chi connectivity index (χ2n) is 2.35. The smallest absolute Gasteiger partial charge is 0.0487 e. The maximum absolute atomic E-state index is 3.74. The van der Waals surface area contributed by atoms with Gasteiger partial charge in [0.25, 0.3) is 0 Å². The van der Waals surface area contributed by atoms with Crippen LogP contribution in [0.15, 0.2) is 39.8 Å². The van der Waals surface area contributed by atoms with Crippen LogP contribution in [-0.4, -0.2) is 6.54 Å². The Kier molecular flexibility index (Phi) is 3.82. The van der Waals surface area contributed by atoms with Crippen molar-refractivity contribution in [1.82, 2.24) is 0 Å². The molecule has 0 spiro atoms. The molecule has 64 valence electrons. The number of anilines is 1. The van der Waals surface area contributed by atoms with Gasteiger partial charge in [-0.1, -0.05) is 34.6 Å². The van der Waals surface area contributed by atoms with E-state index in [1.54, 1.807) is 0 Å². The highest BCUT2D eigenvalue weighted by molar-refractivity contribution is 9.11. The monoisotopic (exact) mass is 289 g/mol. The Balaban J connectivity index is 2.63. The quantitative estimate of drug-likeness (QED) is 0.894. The molecule has 1 aromatic carbocycles. The van der Waals surface area contributed by atoms with Crippen LogP contribution >= 0.6 is 31.9 Å². The summed E-state index contributed by atoms with van der Waals surface area (Å²) in [5.41, 5.74) is 1.08. The highest BCUT2D eigenvalue weighted by Crippen LogP contribution is 2.21. The molecule has 0 amide bonds. The molecular formula is C9H9Br2N. The summed E-state index contributed by atoms with van der Waals surface area (Å²) in [4.78, 5) is 0. The first-order valence-electron chi connectivity index (χ1n) is 3.52. The summed E-state index contributed by atoms with van der Waals surface area (Å²) in [6, 6.07) is 7.99. The molecule has 0 saturated heterocycles. The molecule has 3 heteroatoms. The Hall–Kier alpha value is -0.280. The van der Waals surface area contributed by atoms with E-state index in [2.05, 4.69) is 43.8 Å². The Morgan fingerprint density at radius 1 is 1.42 bits per heavy atom. The van der Waals surface area contributed by atoms with Crippen LogP contribution < -0.4 is 5.32 Å². The predicted molar refractivity (Wildman–Crippen MR) is 60.7 cm³/mol. The van der Waals surface area contributed by atoms with Crippen molar-refractivity contribution in [3.63, 3.8) is 0 Å². The molecule has 0 aliphatic heterocycles. The summed E-state index contributed by atoms with van der Waals surface area (Å²) in [6.45, 7) is 4.48. The van der Waals surface area contributed by atoms with Crippen LogP contribution in [0.4, 0.5) is 5.69 Å². The van der Waals surface area contributed by atoms with Gasteiger partial charge >= 0.3 is 0 Å². The molecule has 0 heterocycles. The van der Waals surface area contributed by atoms with E-state index in [0.29, 0.717) is 0 Å². The van der Waals surface area contributed by atoms with Gasteiger partial charge in [0.05, 0.1) is 0 Å². The molecule has 0 unspecified atom stereocenters. The van der Waals surface area contributed by atoms with Crippen molar-refractivity contribution < 1.29 is 0 Å². The average Bonchev–Trinajstić information content (AvgIpc) is 2.03. The second kappa shape index (κ2) is 4.67. The van der Waals surface area contributed by atoms with Crippen molar-refractivity contribution in [3.05, 3.63) is 39.8 Å². The molecule has 12 heavy (non-hydrogen) atoms. The van der Waals surface area contributed by atoms with Crippen molar-refractivity contribution in [3.8, 4) is 0 Å². The minimum Gasteiger partial charge on any atom is -0.380 e. The lowest BCUT2D eigenvalue weighted by atomic mass is 10.3. The topological polar surface area (TPSA) is 12.0 Å². The van der Waals surface area contributed by atoms with E-state index in [4.69, 9.17) is 0 Å². The number of para-hydroxylation sites is 1. The molecule has 0 atom stereocenters. The highest BCUT2D eigenvalue weighted by atomic mass is 79.9. The molecule has 1 nitrogen and oxygen atoms in total. The second-order valence-corrected chi connectivity index (χ2v) is 4.33. The fourth-order valence-corrected chi connectivity index (χ4v) is 1.36. The first-order valence-corrected chi connectivity index (χ1v) is 5.10. The number of hydrogen-bond acceptors (Lipinski definition) is 1. The normalized spacial score (nSPS) is 9.50. The van der Waals surface area contributed by atoms with Gasteiger partial charge in [-0.05, 0) is 28.1 Å². The van der Waals surface area contributed by atoms with Gasteiger partial charge in [-0.15, -0.1) is 0 Å². The number of nitrogens with one attached hydrogen (secondary N) is 1. The van der Waals surface area contributed by atoms with Gasteiger partial charge in [-0.25, -0.2) is 0 Å². The third-order valence-corrected chi connectivity index (χ3v) is 2.32. The number of hydrogen-bond donors (Lipinski definition) is 1. The third kappa shape index (κ3) is 2.99. The summed E-state index contributed by atoms with van der Waals surface area (Å²) < 4.78 is 2.01. The van der Waals surface area contributed by atoms with Gasteiger partial charge in [0.15, 0.2) is 0 Å². The number of rotatable bonds is 3. The molecule has 0 aromatic heterocycles. The first-order chi connectivity index (χ1) is 5.70. The van der Waals surface area contributed by atoms with Gasteiger partial charge < -0.3 is 5.32 Å². The minimum atomic E-state index is 0.739. The van der Waals surface area contributed by atoms with Crippen LogP contribution in [0.3, 0.4) is 0 Å². The van der Waals surface area contributed by atoms with E-state index in [9.17, 15) is 0 Å². The van der Waals surface area contributed by atoms with E-state index < -0.39 is 0 Å². The van der Waals surface area contributed by atoms with Crippen LogP contribution in [0.5, 0.6) is 0 Å². The molecule has 0 fully saturated rings. The van der Waals surface area contributed by atoms with E-state index >= 15 is 0 Å². The van der Waals surface area contributed by atoms with Crippen molar-refractivity contribution in [2.45, 2.75) is 0 Å². The molecule has 0 aliphatic rings. The summed E-state index contributed by atoms with van der Waals surface area (Å²) in [5, 5.41) is 3.22. The number of halogens is 2. The summed E-state index contributed by atoms with van der Waals surface area (Å²) in [6.07, 6.45) is 0. The highest BCUT2D eigenvalue weighted by Gasteiger charge is 1.95. The van der Waals surface area contributed by atoms with Gasteiger partial charge in [0, 0.05) is 21.2 Å². The fraction of sp³-hybridized carbons (Fsp3) is 0.111. The van der Waals surface area contributed by atoms with E-state index in [1.165, 1.54) is 0 Å². The van der Waals surface area contributed by atoms with Crippen LogP contribution in [0.25, 0.3) is 0 Å². The van der Waals surface area contributed by atoms with Gasteiger partial charge in [0.2, 0.25) is 0 Å². The molecular weight excluding hydrogens is 282 g/mol. The van der Waals surface area contributed by atoms with E-state index in [-0.39, 0.29) is 0 Å². The van der Waals surface area contributed by atoms with Crippen LogP contribution in [-0.2, 0) is 0 Å². The molecule has 0 radical (unpaired) electrons. The van der Waals surface area contributed by atoms with Crippen molar-refractivity contribution in [2.75, 3.05) is 11.9 Å². The van der Waals surface area contributed by atoms with E-state index in [0.717, 1.165) is 21.2 Å². The van der Waals surface area contributed by atoms with Crippen molar-refractivity contribution in [2.24, 2.45) is 0 Å². The number of benzene rings is 1. The zero-order chi connectivity index (χ0) is 8.97. The third-order valence-electron chi connectivity index (χ3n) is 1.34. The largest absolute Gasteiger partial charge is 0.380 e.